The number of piperazine rings is 1. The largest absolute Gasteiger partial charge is 0.496 e. The third kappa shape index (κ3) is 5.24. The minimum atomic E-state index is -3.51. The lowest BCUT2D eigenvalue weighted by atomic mass is 9.96. The molecule has 10 heteroatoms. The first kappa shape index (κ1) is 23.9. The molecule has 2 aromatic carbocycles. The zero-order valence-corrected chi connectivity index (χ0v) is 21.1. The van der Waals surface area contributed by atoms with Gasteiger partial charge in [-0.2, -0.15) is 0 Å². The van der Waals surface area contributed by atoms with Crippen LogP contribution >= 0.6 is 0 Å². The lowest BCUT2D eigenvalue weighted by Crippen LogP contribution is -2.46. The van der Waals surface area contributed by atoms with E-state index in [9.17, 15) is 13.2 Å². The highest BCUT2D eigenvalue weighted by Gasteiger charge is 2.29. The number of rotatable bonds is 6. The molecule has 35 heavy (non-hydrogen) atoms. The van der Waals surface area contributed by atoms with Crippen LogP contribution in [0.3, 0.4) is 0 Å². The summed E-state index contributed by atoms with van der Waals surface area (Å²) >= 11 is 0. The average molecular weight is 500 g/mol. The number of anilines is 2. The molecule has 0 aromatic heterocycles. The van der Waals surface area contributed by atoms with Crippen LogP contribution in [0, 0.1) is 0 Å². The number of urea groups is 1. The molecule has 2 aromatic rings. The Morgan fingerprint density at radius 3 is 2.34 bits per heavy atom. The summed E-state index contributed by atoms with van der Waals surface area (Å²) in [6, 6.07) is 10.3. The first-order chi connectivity index (χ1) is 16.8. The Kier molecular flexibility index (Phi) is 6.61. The number of nitrogens with one attached hydrogen (secondary N) is 2. The van der Waals surface area contributed by atoms with E-state index in [1.807, 2.05) is 6.07 Å². The Bertz CT molecular complexity index is 1190. The average Bonchev–Trinajstić information content (AvgIpc) is 3.67. The summed E-state index contributed by atoms with van der Waals surface area (Å²) in [5.74, 6) is 0.870. The van der Waals surface area contributed by atoms with Gasteiger partial charge in [-0.15, -0.1) is 0 Å². The predicted octanol–water partition coefficient (Wildman–Crippen LogP) is 2.48. The molecule has 0 atom stereocenters. The number of amides is 2. The summed E-state index contributed by atoms with van der Waals surface area (Å²) < 4.78 is 33.1. The summed E-state index contributed by atoms with van der Waals surface area (Å²) in [5, 5.41) is 2.93. The molecule has 1 aliphatic carbocycles. The quantitative estimate of drug-likeness (QED) is 0.634. The Balaban J connectivity index is 1.30. The number of fused-ring (bicyclic) bond motifs is 1. The van der Waals surface area contributed by atoms with Crippen LogP contribution < -0.4 is 19.7 Å². The highest BCUT2D eigenvalue weighted by atomic mass is 32.2. The van der Waals surface area contributed by atoms with E-state index in [0.717, 1.165) is 56.8 Å². The molecule has 3 aliphatic rings. The van der Waals surface area contributed by atoms with Crippen LogP contribution in [0.4, 0.5) is 16.2 Å². The van der Waals surface area contributed by atoms with E-state index in [-0.39, 0.29) is 17.0 Å². The van der Waals surface area contributed by atoms with E-state index in [1.54, 1.807) is 24.1 Å². The molecular weight excluding hydrogens is 466 g/mol. The maximum Gasteiger partial charge on any atom is 0.322 e. The van der Waals surface area contributed by atoms with E-state index < -0.39 is 10.0 Å². The minimum absolute atomic E-state index is 0.0516. The molecule has 0 radical (unpaired) electrons. The minimum Gasteiger partial charge on any atom is -0.496 e. The molecule has 9 nitrogen and oxygen atoms in total. The topological polar surface area (TPSA) is 94.2 Å². The number of methoxy groups -OCH3 is 1. The van der Waals surface area contributed by atoms with Gasteiger partial charge in [-0.3, -0.25) is 0 Å². The summed E-state index contributed by atoms with van der Waals surface area (Å²) in [5.41, 5.74) is 4.05. The molecule has 0 unspecified atom stereocenters. The molecule has 0 spiro atoms. The van der Waals surface area contributed by atoms with Crippen LogP contribution in [0.1, 0.15) is 24.0 Å². The first-order valence-electron chi connectivity index (χ1n) is 12.1. The molecule has 2 heterocycles. The number of nitrogens with zero attached hydrogens (tertiary/aromatic N) is 3. The third-order valence-corrected chi connectivity index (χ3v) is 8.55. The van der Waals surface area contributed by atoms with Crippen molar-refractivity contribution in [2.24, 2.45) is 0 Å². The predicted molar refractivity (Wildman–Crippen MR) is 136 cm³/mol. The van der Waals surface area contributed by atoms with Crippen molar-refractivity contribution in [2.45, 2.75) is 36.7 Å². The monoisotopic (exact) mass is 499 g/mol. The number of carbonyl (C=O) groups excluding carboxylic acids is 1. The van der Waals surface area contributed by atoms with Crippen molar-refractivity contribution in [2.75, 3.05) is 57.1 Å². The number of hydrogen-bond acceptors (Lipinski definition) is 6. The van der Waals surface area contributed by atoms with Crippen LogP contribution in [-0.4, -0.2) is 77.2 Å². The summed E-state index contributed by atoms with van der Waals surface area (Å²) in [6.45, 7) is 5.00. The van der Waals surface area contributed by atoms with Gasteiger partial charge in [0.1, 0.15) is 5.75 Å². The second kappa shape index (κ2) is 9.67. The van der Waals surface area contributed by atoms with E-state index >= 15 is 0 Å². The Morgan fingerprint density at radius 1 is 0.971 bits per heavy atom. The molecule has 188 valence electrons. The van der Waals surface area contributed by atoms with Gasteiger partial charge in [0.15, 0.2) is 0 Å². The number of ether oxygens (including phenoxy) is 1. The number of benzene rings is 2. The Morgan fingerprint density at radius 2 is 1.69 bits per heavy atom. The number of likely N-dealkylation sites (N-methyl/N-ethyl adjacent to an activating group) is 1. The third-order valence-electron chi connectivity index (χ3n) is 7.01. The van der Waals surface area contributed by atoms with Gasteiger partial charge in [0, 0.05) is 67.8 Å². The number of carbonyl (C=O) groups is 1. The van der Waals surface area contributed by atoms with Crippen LogP contribution in [0.15, 0.2) is 41.3 Å². The van der Waals surface area contributed by atoms with Crippen molar-refractivity contribution in [1.29, 1.82) is 0 Å². The van der Waals surface area contributed by atoms with Crippen molar-refractivity contribution < 1.29 is 17.9 Å². The molecule has 0 bridgehead atoms. The Hall–Kier alpha value is -2.82. The normalized spacial score (nSPS) is 18.8. The molecule has 5 rings (SSSR count). The summed E-state index contributed by atoms with van der Waals surface area (Å²) in [6.07, 6.45) is 2.49. The molecule has 2 aliphatic heterocycles. The highest BCUT2D eigenvalue weighted by molar-refractivity contribution is 7.89. The van der Waals surface area contributed by atoms with Crippen molar-refractivity contribution in [3.63, 3.8) is 0 Å². The van der Waals surface area contributed by atoms with Crippen molar-refractivity contribution in [3.05, 3.63) is 47.5 Å². The van der Waals surface area contributed by atoms with Crippen molar-refractivity contribution in [3.8, 4) is 5.75 Å². The Labute approximate surface area is 207 Å². The van der Waals surface area contributed by atoms with Crippen molar-refractivity contribution >= 4 is 27.4 Å². The second-order valence-electron chi connectivity index (χ2n) is 9.56. The van der Waals surface area contributed by atoms with Gasteiger partial charge >= 0.3 is 6.03 Å². The van der Waals surface area contributed by atoms with Gasteiger partial charge in [-0.05, 0) is 62.7 Å². The van der Waals surface area contributed by atoms with Gasteiger partial charge in [0.2, 0.25) is 10.0 Å². The molecular formula is C25H33N5O4S. The van der Waals surface area contributed by atoms with E-state index in [1.165, 1.54) is 23.4 Å². The lowest BCUT2D eigenvalue weighted by molar-refractivity contribution is 0.206. The first-order valence-corrected chi connectivity index (χ1v) is 13.6. The van der Waals surface area contributed by atoms with Gasteiger partial charge in [0.05, 0.1) is 12.0 Å². The zero-order chi connectivity index (χ0) is 24.6. The van der Waals surface area contributed by atoms with Crippen LogP contribution in [0.25, 0.3) is 0 Å². The van der Waals surface area contributed by atoms with E-state index in [0.29, 0.717) is 18.8 Å². The fraction of sp³-hybridized carbons (Fsp3) is 0.480. The molecule has 1 saturated heterocycles. The van der Waals surface area contributed by atoms with Crippen LogP contribution in [-0.2, 0) is 23.0 Å². The van der Waals surface area contributed by atoms with Crippen molar-refractivity contribution in [1.82, 2.24) is 14.5 Å². The van der Waals surface area contributed by atoms with Gasteiger partial charge < -0.3 is 24.8 Å². The standard InChI is InChI=1S/C25H33N5O4S/c1-28-13-15-29(16-14-28)23-9-10-24(34-2)21-11-12-30(17-22(21)23)25(31)26-18-5-7-20(8-6-18)35(32,33)27-19-3-4-19/h5-10,19,27H,3-4,11-17H2,1-2H3,(H,26,31). The smallest absolute Gasteiger partial charge is 0.322 e. The SMILES string of the molecule is COc1ccc(N2CCN(C)CC2)c2c1CCN(C(=O)Nc1ccc(S(=O)(=O)NC3CC3)cc1)C2. The molecule has 1 saturated carbocycles. The fourth-order valence-electron chi connectivity index (χ4n) is 4.74. The molecule has 2 N–H and O–H groups in total. The van der Waals surface area contributed by atoms with E-state index in [2.05, 4.69) is 33.0 Å². The van der Waals surface area contributed by atoms with Gasteiger partial charge in [0.25, 0.3) is 0 Å². The van der Waals surface area contributed by atoms with Gasteiger partial charge in [-0.25, -0.2) is 17.9 Å². The highest BCUT2D eigenvalue weighted by Crippen LogP contribution is 2.36. The molecule has 2 amide bonds. The molecule has 2 fully saturated rings. The summed E-state index contributed by atoms with van der Waals surface area (Å²) in [7, 11) is 0.312. The van der Waals surface area contributed by atoms with Crippen LogP contribution in [0.5, 0.6) is 5.75 Å². The van der Waals surface area contributed by atoms with E-state index in [4.69, 9.17) is 4.74 Å². The second-order valence-corrected chi connectivity index (χ2v) is 11.3. The number of hydrogen-bond donors (Lipinski definition) is 2. The van der Waals surface area contributed by atoms with Gasteiger partial charge in [-0.1, -0.05) is 0 Å². The lowest BCUT2D eigenvalue weighted by Gasteiger charge is -2.38. The number of sulfonamides is 1. The fourth-order valence-corrected chi connectivity index (χ4v) is 6.05. The maximum atomic E-state index is 13.1. The van der Waals surface area contributed by atoms with Crippen LogP contribution in [0.2, 0.25) is 0 Å². The summed E-state index contributed by atoms with van der Waals surface area (Å²) in [4.78, 5) is 19.9. The maximum absolute atomic E-state index is 13.1. The zero-order valence-electron chi connectivity index (χ0n) is 20.3.